The molecule has 2 heterocycles. The quantitative estimate of drug-likeness (QED) is 0.764. The number of morpholine rings is 1. The van der Waals surface area contributed by atoms with Gasteiger partial charge in [0.2, 0.25) is 10.0 Å². The molecular formula is C19H22ClN3O4S2. The fourth-order valence-corrected chi connectivity index (χ4v) is 6.61. The number of carbonyl (C=O) groups excluding carboxylic acids is 1. The van der Waals surface area contributed by atoms with Gasteiger partial charge >= 0.3 is 0 Å². The molecule has 1 aromatic heterocycles. The molecular weight excluding hydrogens is 434 g/mol. The van der Waals surface area contributed by atoms with Crippen molar-refractivity contribution in [3.05, 3.63) is 39.4 Å². The van der Waals surface area contributed by atoms with Crippen molar-refractivity contribution in [2.45, 2.75) is 31.1 Å². The summed E-state index contributed by atoms with van der Waals surface area (Å²) in [7, 11) is -3.80. The Morgan fingerprint density at radius 1 is 1.34 bits per heavy atom. The summed E-state index contributed by atoms with van der Waals surface area (Å²) >= 11 is 7.66. The first-order valence-electron chi connectivity index (χ1n) is 9.52. The van der Waals surface area contributed by atoms with Gasteiger partial charge in [-0.05, 0) is 43.4 Å². The first-order chi connectivity index (χ1) is 13.8. The number of amides is 1. The molecule has 1 aliphatic heterocycles. The van der Waals surface area contributed by atoms with Gasteiger partial charge in [-0.25, -0.2) is 13.4 Å². The number of benzene rings is 1. The number of hydrogen-bond donors (Lipinski definition) is 1. The Balaban J connectivity index is 1.56. The van der Waals surface area contributed by atoms with Crippen LogP contribution >= 0.6 is 22.9 Å². The van der Waals surface area contributed by atoms with E-state index in [0.717, 1.165) is 25.0 Å². The van der Waals surface area contributed by atoms with Crippen molar-refractivity contribution in [2.24, 2.45) is 5.92 Å². The molecule has 0 bridgehead atoms. The highest BCUT2D eigenvalue weighted by molar-refractivity contribution is 7.89. The minimum atomic E-state index is -3.80. The SMILES string of the molecule is C[C@@H]1CCc2nc(NC(=O)c3ccc(Cl)c(S(=O)(=O)N4CCOCC4)c3)sc2C1. The summed E-state index contributed by atoms with van der Waals surface area (Å²) in [6.07, 6.45) is 3.00. The van der Waals surface area contributed by atoms with Gasteiger partial charge in [-0.15, -0.1) is 11.3 Å². The lowest BCUT2D eigenvalue weighted by atomic mass is 9.93. The van der Waals surface area contributed by atoms with Crippen molar-refractivity contribution < 1.29 is 17.9 Å². The molecule has 7 nitrogen and oxygen atoms in total. The highest BCUT2D eigenvalue weighted by atomic mass is 35.5. The molecule has 1 aromatic carbocycles. The number of ether oxygens (including phenoxy) is 1. The predicted octanol–water partition coefficient (Wildman–Crippen LogP) is 3.19. The largest absolute Gasteiger partial charge is 0.379 e. The van der Waals surface area contributed by atoms with E-state index in [9.17, 15) is 13.2 Å². The van der Waals surface area contributed by atoms with E-state index in [-0.39, 0.29) is 28.6 Å². The molecule has 4 rings (SSSR count). The third-order valence-corrected chi connectivity index (χ3v) is 8.60. The Morgan fingerprint density at radius 2 is 2.10 bits per heavy atom. The summed E-state index contributed by atoms with van der Waals surface area (Å²) in [5, 5.41) is 3.44. The second-order valence-electron chi connectivity index (χ2n) is 7.35. The second kappa shape index (κ2) is 8.31. The van der Waals surface area contributed by atoms with Gasteiger partial charge < -0.3 is 4.74 Å². The standard InChI is InChI=1S/C19H22ClN3O4S2/c1-12-2-5-15-16(10-12)28-19(21-15)22-18(24)13-3-4-14(20)17(11-13)29(25,26)23-6-8-27-9-7-23/h3-4,11-12H,2,5-10H2,1H3,(H,21,22,24)/t12-/m1/s1. The van der Waals surface area contributed by atoms with Crippen molar-refractivity contribution in [3.8, 4) is 0 Å². The molecule has 10 heteroatoms. The zero-order valence-electron chi connectivity index (χ0n) is 16.0. The van der Waals surface area contributed by atoms with Gasteiger partial charge in [-0.3, -0.25) is 10.1 Å². The molecule has 1 atom stereocenters. The van der Waals surface area contributed by atoms with E-state index in [1.165, 1.54) is 38.7 Å². The summed E-state index contributed by atoms with van der Waals surface area (Å²) in [4.78, 5) is 18.4. The second-order valence-corrected chi connectivity index (χ2v) is 10.7. The lowest BCUT2D eigenvalue weighted by Gasteiger charge is -2.26. The Morgan fingerprint density at radius 3 is 2.86 bits per heavy atom. The lowest BCUT2D eigenvalue weighted by Crippen LogP contribution is -2.40. The zero-order chi connectivity index (χ0) is 20.6. The number of carbonyl (C=O) groups is 1. The summed E-state index contributed by atoms with van der Waals surface area (Å²) in [6.45, 7) is 3.41. The Bertz CT molecular complexity index is 1030. The molecule has 0 spiro atoms. The van der Waals surface area contributed by atoms with Crippen LogP contribution in [0, 0.1) is 5.92 Å². The molecule has 2 aliphatic rings. The number of halogens is 1. The van der Waals surface area contributed by atoms with Crippen LogP contribution in [0.15, 0.2) is 23.1 Å². The van der Waals surface area contributed by atoms with Gasteiger partial charge in [0.1, 0.15) is 4.90 Å². The van der Waals surface area contributed by atoms with Gasteiger partial charge in [0.25, 0.3) is 5.91 Å². The summed E-state index contributed by atoms with van der Waals surface area (Å²) in [5.74, 6) is 0.218. The first kappa shape index (κ1) is 20.7. The van der Waals surface area contributed by atoms with Gasteiger partial charge in [0, 0.05) is 23.5 Å². The molecule has 1 fully saturated rings. The molecule has 156 valence electrons. The van der Waals surface area contributed by atoms with Crippen molar-refractivity contribution in [3.63, 3.8) is 0 Å². The van der Waals surface area contributed by atoms with E-state index in [1.807, 2.05) is 0 Å². The van der Waals surface area contributed by atoms with Gasteiger partial charge in [-0.1, -0.05) is 18.5 Å². The monoisotopic (exact) mass is 455 g/mol. The fourth-order valence-electron chi connectivity index (χ4n) is 3.53. The van der Waals surface area contributed by atoms with Crippen molar-refractivity contribution in [1.82, 2.24) is 9.29 Å². The molecule has 2 aromatic rings. The molecule has 1 aliphatic carbocycles. The van der Waals surface area contributed by atoms with Gasteiger partial charge in [-0.2, -0.15) is 4.31 Å². The van der Waals surface area contributed by atoms with Gasteiger partial charge in [0.15, 0.2) is 5.13 Å². The lowest BCUT2D eigenvalue weighted by molar-refractivity contribution is 0.0730. The molecule has 29 heavy (non-hydrogen) atoms. The Labute approximate surface area is 179 Å². The number of hydrogen-bond acceptors (Lipinski definition) is 6. The minimum absolute atomic E-state index is 0.0685. The van der Waals surface area contributed by atoms with Crippen LogP contribution in [0.1, 0.15) is 34.3 Å². The number of sulfonamides is 1. The summed E-state index contributed by atoms with van der Waals surface area (Å²) in [6, 6.07) is 4.29. The van der Waals surface area contributed by atoms with Crippen molar-refractivity contribution in [1.29, 1.82) is 0 Å². The normalized spacial score (nSPS) is 20.3. The summed E-state index contributed by atoms with van der Waals surface area (Å²) < 4.78 is 32.4. The number of anilines is 1. The topological polar surface area (TPSA) is 88.6 Å². The molecule has 1 amide bonds. The minimum Gasteiger partial charge on any atom is -0.379 e. The third kappa shape index (κ3) is 4.34. The highest BCUT2D eigenvalue weighted by Crippen LogP contribution is 2.32. The van der Waals surface area contributed by atoms with E-state index in [0.29, 0.717) is 24.3 Å². The van der Waals surface area contributed by atoms with Crippen LogP contribution in [0.3, 0.4) is 0 Å². The van der Waals surface area contributed by atoms with Crippen LogP contribution in [-0.2, 0) is 27.6 Å². The molecule has 1 N–H and O–H groups in total. The Hall–Kier alpha value is -1.52. The van der Waals surface area contributed by atoms with Crippen LogP contribution < -0.4 is 5.32 Å². The average Bonchev–Trinajstić information content (AvgIpc) is 3.10. The number of aryl methyl sites for hydroxylation is 1. The Kier molecular flexibility index (Phi) is 5.94. The van der Waals surface area contributed by atoms with Crippen LogP contribution in [0.5, 0.6) is 0 Å². The van der Waals surface area contributed by atoms with E-state index in [4.69, 9.17) is 16.3 Å². The van der Waals surface area contributed by atoms with Crippen molar-refractivity contribution in [2.75, 3.05) is 31.6 Å². The zero-order valence-corrected chi connectivity index (χ0v) is 18.4. The van der Waals surface area contributed by atoms with Crippen LogP contribution in [0.4, 0.5) is 5.13 Å². The number of nitrogens with zero attached hydrogens (tertiary/aromatic N) is 2. The number of rotatable bonds is 4. The van der Waals surface area contributed by atoms with Crippen LogP contribution in [0.2, 0.25) is 5.02 Å². The van der Waals surface area contributed by atoms with Gasteiger partial charge in [0.05, 0.1) is 23.9 Å². The average molecular weight is 456 g/mol. The van der Waals surface area contributed by atoms with E-state index in [2.05, 4.69) is 17.2 Å². The number of aromatic nitrogens is 1. The molecule has 1 saturated heterocycles. The van der Waals surface area contributed by atoms with Crippen LogP contribution in [-0.4, -0.2) is 49.9 Å². The molecule has 0 unspecified atom stereocenters. The predicted molar refractivity (Wildman–Crippen MR) is 112 cm³/mol. The maximum Gasteiger partial charge on any atom is 0.257 e. The number of nitrogens with one attached hydrogen (secondary N) is 1. The third-order valence-electron chi connectivity index (χ3n) is 5.19. The smallest absolute Gasteiger partial charge is 0.257 e. The van der Waals surface area contributed by atoms with Crippen molar-refractivity contribution >= 4 is 44.0 Å². The number of thiazole rings is 1. The maximum atomic E-state index is 12.9. The van der Waals surface area contributed by atoms with E-state index >= 15 is 0 Å². The highest BCUT2D eigenvalue weighted by Gasteiger charge is 2.29. The van der Waals surface area contributed by atoms with Crippen LogP contribution in [0.25, 0.3) is 0 Å². The molecule has 0 radical (unpaired) electrons. The van der Waals surface area contributed by atoms with E-state index in [1.54, 1.807) is 0 Å². The fraction of sp³-hybridized carbons (Fsp3) is 0.474. The first-order valence-corrected chi connectivity index (χ1v) is 12.2. The van der Waals surface area contributed by atoms with E-state index < -0.39 is 15.9 Å². The number of fused-ring (bicyclic) bond motifs is 1. The maximum absolute atomic E-state index is 12.9. The summed E-state index contributed by atoms with van der Waals surface area (Å²) in [5.41, 5.74) is 1.28. The molecule has 0 saturated carbocycles.